The van der Waals surface area contributed by atoms with Crippen molar-refractivity contribution < 1.29 is 9.84 Å². The van der Waals surface area contributed by atoms with E-state index in [1.165, 1.54) is 0 Å². The molecule has 0 bridgehead atoms. The molecule has 1 N–H and O–H groups in total. The van der Waals surface area contributed by atoms with Crippen LogP contribution >= 0.6 is 0 Å². The van der Waals surface area contributed by atoms with Crippen molar-refractivity contribution >= 4 is 5.65 Å². The molecular formula is C22H20N2O2. The van der Waals surface area contributed by atoms with Crippen molar-refractivity contribution in [2.75, 3.05) is 7.11 Å². The summed E-state index contributed by atoms with van der Waals surface area (Å²) < 4.78 is 7.20. The SMILES string of the molecule is COc1ccc(-c2cn3cc(C)cc(C(O)c4ccccc4)c3n2)cc1. The molecule has 4 aromatic rings. The lowest BCUT2D eigenvalue weighted by Gasteiger charge is -2.13. The highest BCUT2D eigenvalue weighted by molar-refractivity contribution is 5.66. The van der Waals surface area contributed by atoms with Crippen molar-refractivity contribution in [3.8, 4) is 17.0 Å². The fourth-order valence-electron chi connectivity index (χ4n) is 3.19. The van der Waals surface area contributed by atoms with E-state index in [4.69, 9.17) is 9.72 Å². The van der Waals surface area contributed by atoms with Crippen molar-refractivity contribution in [3.05, 3.63) is 89.7 Å². The Labute approximate surface area is 152 Å². The lowest BCUT2D eigenvalue weighted by atomic mass is 10.0. The summed E-state index contributed by atoms with van der Waals surface area (Å²) in [6.07, 6.45) is 3.30. The maximum Gasteiger partial charge on any atom is 0.143 e. The van der Waals surface area contributed by atoms with Gasteiger partial charge in [0.15, 0.2) is 0 Å². The fraction of sp³-hybridized carbons (Fsp3) is 0.136. The van der Waals surface area contributed by atoms with Gasteiger partial charge in [-0.05, 0) is 48.4 Å². The average Bonchev–Trinajstić information content (AvgIpc) is 3.11. The van der Waals surface area contributed by atoms with Crippen molar-refractivity contribution in [1.29, 1.82) is 0 Å². The second-order valence-corrected chi connectivity index (χ2v) is 6.37. The lowest BCUT2D eigenvalue weighted by molar-refractivity contribution is 0.221. The molecule has 0 aliphatic rings. The summed E-state index contributed by atoms with van der Waals surface area (Å²) in [6, 6.07) is 19.5. The molecule has 1 atom stereocenters. The summed E-state index contributed by atoms with van der Waals surface area (Å²) in [5.74, 6) is 0.813. The number of methoxy groups -OCH3 is 1. The first-order chi connectivity index (χ1) is 12.7. The van der Waals surface area contributed by atoms with Gasteiger partial charge in [-0.1, -0.05) is 30.3 Å². The molecule has 26 heavy (non-hydrogen) atoms. The highest BCUT2D eigenvalue weighted by atomic mass is 16.5. The van der Waals surface area contributed by atoms with Crippen LogP contribution in [0.15, 0.2) is 73.1 Å². The number of aliphatic hydroxyl groups is 1. The Morgan fingerprint density at radius 3 is 2.42 bits per heavy atom. The minimum Gasteiger partial charge on any atom is -0.497 e. The smallest absolute Gasteiger partial charge is 0.143 e. The molecule has 0 spiro atoms. The highest BCUT2D eigenvalue weighted by Gasteiger charge is 2.17. The van der Waals surface area contributed by atoms with Gasteiger partial charge in [0.2, 0.25) is 0 Å². The van der Waals surface area contributed by atoms with Crippen molar-refractivity contribution in [1.82, 2.24) is 9.38 Å². The van der Waals surface area contributed by atoms with Gasteiger partial charge in [-0.15, -0.1) is 0 Å². The van der Waals surface area contributed by atoms with Crippen molar-refractivity contribution in [3.63, 3.8) is 0 Å². The predicted molar refractivity (Wildman–Crippen MR) is 102 cm³/mol. The molecule has 2 aromatic heterocycles. The van der Waals surface area contributed by atoms with Gasteiger partial charge in [-0.2, -0.15) is 0 Å². The van der Waals surface area contributed by atoms with Crippen LogP contribution in [0.4, 0.5) is 0 Å². The van der Waals surface area contributed by atoms with Gasteiger partial charge in [0.1, 0.15) is 17.5 Å². The maximum absolute atomic E-state index is 10.9. The van der Waals surface area contributed by atoms with Crippen LogP contribution in [0.2, 0.25) is 0 Å². The van der Waals surface area contributed by atoms with E-state index in [9.17, 15) is 5.11 Å². The van der Waals surface area contributed by atoms with Crippen LogP contribution < -0.4 is 4.74 Å². The van der Waals surface area contributed by atoms with Gasteiger partial charge < -0.3 is 14.2 Å². The summed E-state index contributed by atoms with van der Waals surface area (Å²) in [6.45, 7) is 2.02. The number of imidazole rings is 1. The highest BCUT2D eigenvalue weighted by Crippen LogP contribution is 2.29. The Bertz CT molecular complexity index is 1040. The number of hydrogen-bond acceptors (Lipinski definition) is 3. The summed E-state index contributed by atoms with van der Waals surface area (Å²) >= 11 is 0. The number of nitrogens with zero attached hydrogens (tertiary/aromatic N) is 2. The number of benzene rings is 2. The zero-order chi connectivity index (χ0) is 18.1. The van der Waals surface area contributed by atoms with Gasteiger partial charge in [0.25, 0.3) is 0 Å². The summed E-state index contributed by atoms with van der Waals surface area (Å²) in [7, 11) is 1.65. The minimum absolute atomic E-state index is 0.718. The maximum atomic E-state index is 10.9. The number of rotatable bonds is 4. The van der Waals surface area contributed by atoms with E-state index < -0.39 is 6.10 Å². The molecule has 1 unspecified atom stereocenters. The van der Waals surface area contributed by atoms with Gasteiger partial charge >= 0.3 is 0 Å². The molecule has 130 valence electrons. The van der Waals surface area contributed by atoms with E-state index in [-0.39, 0.29) is 0 Å². The van der Waals surface area contributed by atoms with E-state index in [2.05, 4.69) is 0 Å². The molecule has 0 fully saturated rings. The number of fused-ring (bicyclic) bond motifs is 1. The Morgan fingerprint density at radius 2 is 1.73 bits per heavy atom. The average molecular weight is 344 g/mol. The Balaban J connectivity index is 1.82. The van der Waals surface area contributed by atoms with Gasteiger partial charge in [-0.3, -0.25) is 0 Å². The summed E-state index contributed by atoms with van der Waals surface area (Å²) in [5.41, 5.74) is 5.36. The van der Waals surface area contributed by atoms with Crippen LogP contribution in [-0.4, -0.2) is 21.6 Å². The number of hydrogen-bond donors (Lipinski definition) is 1. The number of aryl methyl sites for hydroxylation is 1. The quantitative estimate of drug-likeness (QED) is 0.597. The monoisotopic (exact) mass is 344 g/mol. The van der Waals surface area contributed by atoms with Crippen molar-refractivity contribution in [2.24, 2.45) is 0 Å². The van der Waals surface area contributed by atoms with Crippen LogP contribution in [0.3, 0.4) is 0 Å². The van der Waals surface area contributed by atoms with E-state index in [1.807, 2.05) is 84.4 Å². The molecule has 4 rings (SSSR count). The molecule has 2 aromatic carbocycles. The topological polar surface area (TPSA) is 46.8 Å². The van der Waals surface area contributed by atoms with Gasteiger partial charge in [0.05, 0.1) is 12.8 Å². The number of pyridine rings is 1. The van der Waals surface area contributed by atoms with Crippen LogP contribution in [-0.2, 0) is 0 Å². The lowest BCUT2D eigenvalue weighted by Crippen LogP contribution is -2.03. The molecule has 0 amide bonds. The van der Waals surface area contributed by atoms with Gasteiger partial charge in [-0.25, -0.2) is 4.98 Å². The van der Waals surface area contributed by atoms with E-state index in [0.717, 1.165) is 39.3 Å². The Morgan fingerprint density at radius 1 is 1.00 bits per heavy atom. The largest absolute Gasteiger partial charge is 0.497 e. The third-order valence-electron chi connectivity index (χ3n) is 4.51. The zero-order valence-electron chi connectivity index (χ0n) is 14.8. The molecule has 0 aliphatic heterocycles. The molecule has 4 nitrogen and oxygen atoms in total. The minimum atomic E-state index is -0.718. The first-order valence-corrected chi connectivity index (χ1v) is 8.52. The molecule has 0 aliphatic carbocycles. The first kappa shape index (κ1) is 16.4. The Hall–Kier alpha value is -3.11. The van der Waals surface area contributed by atoms with Crippen molar-refractivity contribution in [2.45, 2.75) is 13.0 Å². The normalized spacial score (nSPS) is 12.3. The van der Waals surface area contributed by atoms with E-state index in [0.29, 0.717) is 0 Å². The van der Waals surface area contributed by atoms with Crippen LogP contribution in [0.5, 0.6) is 5.75 Å². The molecule has 2 heterocycles. The first-order valence-electron chi connectivity index (χ1n) is 8.52. The van der Waals surface area contributed by atoms with E-state index >= 15 is 0 Å². The fourth-order valence-corrected chi connectivity index (χ4v) is 3.19. The van der Waals surface area contributed by atoms with Gasteiger partial charge in [0, 0.05) is 23.5 Å². The summed E-state index contributed by atoms with van der Waals surface area (Å²) in [4.78, 5) is 4.79. The number of ether oxygens (including phenoxy) is 1. The molecule has 0 saturated carbocycles. The van der Waals surface area contributed by atoms with Crippen LogP contribution in [0, 0.1) is 6.92 Å². The van der Waals surface area contributed by atoms with Crippen LogP contribution in [0.25, 0.3) is 16.9 Å². The number of aromatic nitrogens is 2. The Kier molecular flexibility index (Phi) is 4.19. The standard InChI is InChI=1S/C22H20N2O2/c1-15-12-19(21(25)17-6-4-3-5-7-17)22-23-20(14-24(22)13-15)16-8-10-18(26-2)11-9-16/h3-14,21,25H,1-2H3. The predicted octanol–water partition coefficient (Wildman–Crippen LogP) is 4.40. The third-order valence-corrected chi connectivity index (χ3v) is 4.51. The molecule has 0 radical (unpaired) electrons. The zero-order valence-corrected chi connectivity index (χ0v) is 14.8. The second-order valence-electron chi connectivity index (χ2n) is 6.37. The second kappa shape index (κ2) is 6.65. The molecule has 4 heteroatoms. The summed E-state index contributed by atoms with van der Waals surface area (Å²) in [5, 5.41) is 10.9. The third kappa shape index (κ3) is 2.95. The number of aliphatic hydroxyl groups excluding tert-OH is 1. The molecular weight excluding hydrogens is 324 g/mol. The molecule has 0 saturated heterocycles. The van der Waals surface area contributed by atoms with E-state index in [1.54, 1.807) is 7.11 Å². The van der Waals surface area contributed by atoms with Crippen LogP contribution in [0.1, 0.15) is 22.8 Å².